The number of nitrogens with one attached hydrogen (secondary N) is 1. The molecule has 0 saturated heterocycles. The third-order valence-electron chi connectivity index (χ3n) is 2.96. The third kappa shape index (κ3) is 1.64. The number of rotatable bonds is 1. The lowest BCUT2D eigenvalue weighted by atomic mass is 10.1. The molecule has 1 aromatic heterocycles. The first-order chi connectivity index (χ1) is 8.70. The third-order valence-corrected chi connectivity index (χ3v) is 3.46. The highest BCUT2D eigenvalue weighted by molar-refractivity contribution is 9.10. The molecule has 1 aromatic carbocycles. The summed E-state index contributed by atoms with van der Waals surface area (Å²) in [7, 11) is 0. The van der Waals surface area contributed by atoms with Crippen molar-refractivity contribution < 1.29 is 4.79 Å². The summed E-state index contributed by atoms with van der Waals surface area (Å²) in [4.78, 5) is 12.0. The minimum absolute atomic E-state index is 0.0844. The van der Waals surface area contributed by atoms with Gasteiger partial charge in [0.1, 0.15) is 5.82 Å². The quantitative estimate of drug-likeness (QED) is 0.874. The second-order valence-electron chi connectivity index (χ2n) is 4.07. The number of aryl methyl sites for hydroxylation is 1. The van der Waals surface area contributed by atoms with E-state index < -0.39 is 0 Å². The molecule has 18 heavy (non-hydrogen) atoms. The summed E-state index contributed by atoms with van der Waals surface area (Å²) in [5.74, 6) is 1.55. The van der Waals surface area contributed by atoms with Gasteiger partial charge >= 0.3 is 0 Å². The van der Waals surface area contributed by atoms with E-state index in [9.17, 15) is 4.79 Å². The number of carbonyl (C=O) groups is 1. The van der Waals surface area contributed by atoms with Crippen LogP contribution in [0.4, 0.5) is 0 Å². The second kappa shape index (κ2) is 4.20. The van der Waals surface area contributed by atoms with E-state index >= 15 is 0 Å². The van der Waals surface area contributed by atoms with Crippen LogP contribution in [0, 0.1) is 0 Å². The van der Waals surface area contributed by atoms with Crippen molar-refractivity contribution in [2.45, 2.75) is 19.9 Å². The van der Waals surface area contributed by atoms with Gasteiger partial charge in [0, 0.05) is 10.9 Å². The van der Waals surface area contributed by atoms with Crippen molar-refractivity contribution in [1.29, 1.82) is 0 Å². The molecule has 2 heterocycles. The number of carbonyl (C=O) groups excluding carboxylic acids is 1. The van der Waals surface area contributed by atoms with E-state index in [4.69, 9.17) is 0 Å². The van der Waals surface area contributed by atoms with Crippen LogP contribution in [-0.2, 0) is 13.0 Å². The molecular weight excluding hydrogens is 296 g/mol. The van der Waals surface area contributed by atoms with Crippen molar-refractivity contribution in [3.63, 3.8) is 0 Å². The summed E-state index contributed by atoms with van der Waals surface area (Å²) < 4.78 is 2.84. The molecule has 0 atom stereocenters. The van der Waals surface area contributed by atoms with Gasteiger partial charge in [0.25, 0.3) is 5.91 Å². The minimum Gasteiger partial charge on any atom is -0.345 e. The normalized spacial score (nSPS) is 13.6. The number of hydrogen-bond donors (Lipinski definition) is 1. The van der Waals surface area contributed by atoms with Crippen LogP contribution >= 0.6 is 15.9 Å². The fraction of sp³-hybridized carbons (Fsp3) is 0.250. The van der Waals surface area contributed by atoms with Crippen LogP contribution in [0.25, 0.3) is 5.69 Å². The van der Waals surface area contributed by atoms with E-state index in [-0.39, 0.29) is 5.91 Å². The zero-order chi connectivity index (χ0) is 12.7. The summed E-state index contributed by atoms with van der Waals surface area (Å²) in [6, 6.07) is 5.65. The van der Waals surface area contributed by atoms with Gasteiger partial charge in [-0.3, -0.25) is 9.36 Å². The van der Waals surface area contributed by atoms with Gasteiger partial charge in [0.2, 0.25) is 0 Å². The SMILES string of the molecule is CCc1nnc2n1-c1ccc(Br)cc1C(=O)NC2. The molecule has 0 bridgehead atoms. The van der Waals surface area contributed by atoms with Gasteiger partial charge in [0.05, 0.1) is 17.8 Å². The van der Waals surface area contributed by atoms with E-state index in [1.54, 1.807) is 0 Å². The van der Waals surface area contributed by atoms with Gasteiger partial charge in [0.15, 0.2) is 5.82 Å². The van der Waals surface area contributed by atoms with Gasteiger partial charge in [-0.15, -0.1) is 10.2 Å². The Hall–Kier alpha value is -1.69. The molecule has 0 radical (unpaired) electrons. The van der Waals surface area contributed by atoms with Crippen molar-refractivity contribution >= 4 is 21.8 Å². The van der Waals surface area contributed by atoms with Gasteiger partial charge in [-0.25, -0.2) is 0 Å². The highest BCUT2D eigenvalue weighted by atomic mass is 79.9. The van der Waals surface area contributed by atoms with E-state index in [0.29, 0.717) is 12.1 Å². The lowest BCUT2D eigenvalue weighted by molar-refractivity contribution is 0.0952. The molecule has 0 fully saturated rings. The van der Waals surface area contributed by atoms with Gasteiger partial charge in [-0.05, 0) is 18.2 Å². The van der Waals surface area contributed by atoms with Gasteiger partial charge in [-0.1, -0.05) is 22.9 Å². The number of amides is 1. The van der Waals surface area contributed by atoms with Crippen molar-refractivity contribution in [3.05, 3.63) is 39.9 Å². The number of halogens is 1. The monoisotopic (exact) mass is 306 g/mol. The fourth-order valence-corrected chi connectivity index (χ4v) is 2.48. The Morgan fingerprint density at radius 3 is 3.06 bits per heavy atom. The van der Waals surface area contributed by atoms with Crippen LogP contribution in [0.2, 0.25) is 0 Å². The Kier molecular flexibility index (Phi) is 2.66. The van der Waals surface area contributed by atoms with Crippen molar-refractivity contribution in [2.24, 2.45) is 0 Å². The highest BCUT2D eigenvalue weighted by Crippen LogP contribution is 2.24. The Morgan fingerprint density at radius 2 is 2.28 bits per heavy atom. The van der Waals surface area contributed by atoms with Crippen molar-refractivity contribution in [3.8, 4) is 5.69 Å². The summed E-state index contributed by atoms with van der Waals surface area (Å²) in [6.45, 7) is 2.42. The van der Waals surface area contributed by atoms with Crippen LogP contribution in [0.1, 0.15) is 28.9 Å². The molecule has 0 aliphatic carbocycles. The first-order valence-electron chi connectivity index (χ1n) is 5.72. The van der Waals surface area contributed by atoms with E-state index in [2.05, 4.69) is 31.4 Å². The summed E-state index contributed by atoms with van der Waals surface area (Å²) in [5, 5.41) is 11.1. The Bertz CT molecular complexity index is 635. The topological polar surface area (TPSA) is 59.8 Å². The predicted octanol–water partition coefficient (Wildman–Crippen LogP) is 1.84. The molecule has 2 aromatic rings. The van der Waals surface area contributed by atoms with E-state index in [1.165, 1.54) is 0 Å². The zero-order valence-electron chi connectivity index (χ0n) is 9.77. The first-order valence-corrected chi connectivity index (χ1v) is 6.51. The molecule has 5 nitrogen and oxygen atoms in total. The van der Waals surface area contributed by atoms with Crippen LogP contribution in [0.3, 0.4) is 0 Å². The molecule has 92 valence electrons. The molecule has 0 saturated carbocycles. The van der Waals surface area contributed by atoms with E-state index in [1.807, 2.05) is 29.7 Å². The average Bonchev–Trinajstić information content (AvgIpc) is 2.73. The molecular formula is C12H11BrN4O. The average molecular weight is 307 g/mol. The summed E-state index contributed by atoms with van der Waals surface area (Å²) in [6.07, 6.45) is 0.774. The first kappa shape index (κ1) is 11.4. The molecule has 1 N–H and O–H groups in total. The maximum atomic E-state index is 12.0. The van der Waals surface area contributed by atoms with Crippen LogP contribution < -0.4 is 5.32 Å². The van der Waals surface area contributed by atoms with Crippen molar-refractivity contribution in [2.75, 3.05) is 0 Å². The molecule has 1 aliphatic rings. The molecule has 1 aliphatic heterocycles. The fourth-order valence-electron chi connectivity index (χ4n) is 2.11. The standard InChI is InChI=1S/C12H11BrN4O/c1-2-10-15-16-11-6-14-12(18)8-5-7(13)3-4-9(8)17(10)11/h3-5H,2,6H2,1H3,(H,14,18). The molecule has 0 spiro atoms. The van der Waals surface area contributed by atoms with Crippen LogP contribution in [-0.4, -0.2) is 20.7 Å². The Balaban J connectivity index is 2.31. The summed E-state index contributed by atoms with van der Waals surface area (Å²) >= 11 is 3.39. The molecule has 0 unspecified atom stereocenters. The number of fused-ring (bicyclic) bond motifs is 3. The molecule has 1 amide bonds. The van der Waals surface area contributed by atoms with Gasteiger partial charge < -0.3 is 5.32 Å². The largest absolute Gasteiger partial charge is 0.345 e. The number of benzene rings is 1. The van der Waals surface area contributed by atoms with Gasteiger partial charge in [-0.2, -0.15) is 0 Å². The molecule has 3 rings (SSSR count). The highest BCUT2D eigenvalue weighted by Gasteiger charge is 2.23. The second-order valence-corrected chi connectivity index (χ2v) is 4.98. The minimum atomic E-state index is -0.0844. The summed E-state index contributed by atoms with van der Waals surface area (Å²) in [5.41, 5.74) is 1.47. The maximum Gasteiger partial charge on any atom is 0.253 e. The number of hydrogen-bond acceptors (Lipinski definition) is 3. The van der Waals surface area contributed by atoms with E-state index in [0.717, 1.165) is 28.2 Å². The number of aromatic nitrogens is 3. The Morgan fingerprint density at radius 1 is 1.44 bits per heavy atom. The van der Waals surface area contributed by atoms with Crippen LogP contribution in [0.15, 0.2) is 22.7 Å². The number of nitrogens with zero attached hydrogens (tertiary/aromatic N) is 3. The maximum absolute atomic E-state index is 12.0. The smallest absolute Gasteiger partial charge is 0.253 e. The predicted molar refractivity (Wildman–Crippen MR) is 69.6 cm³/mol. The lowest BCUT2D eigenvalue weighted by Crippen LogP contribution is -2.21. The Labute approximate surface area is 112 Å². The van der Waals surface area contributed by atoms with Crippen LogP contribution in [0.5, 0.6) is 0 Å². The lowest BCUT2D eigenvalue weighted by Gasteiger charge is -2.09. The van der Waals surface area contributed by atoms with Crippen molar-refractivity contribution in [1.82, 2.24) is 20.1 Å². The zero-order valence-corrected chi connectivity index (χ0v) is 11.4. The molecule has 6 heteroatoms.